The Morgan fingerprint density at radius 3 is 2.89 bits per heavy atom. The second-order valence-electron chi connectivity index (χ2n) is 6.60. The van der Waals surface area contributed by atoms with E-state index >= 15 is 0 Å². The lowest BCUT2D eigenvalue weighted by molar-refractivity contribution is 0.140. The quantitative estimate of drug-likeness (QED) is 0.368. The highest BCUT2D eigenvalue weighted by atomic mass is 127. The van der Waals surface area contributed by atoms with Crippen molar-refractivity contribution in [1.82, 2.24) is 0 Å². The maximum Gasteiger partial charge on any atom is 0.193 e. The van der Waals surface area contributed by atoms with Crippen LogP contribution in [-0.4, -0.2) is 25.3 Å². The molecule has 1 heterocycles. The molecule has 3 N–H and O–H groups in total. The minimum absolute atomic E-state index is 0. The summed E-state index contributed by atoms with van der Waals surface area (Å²) in [6.07, 6.45) is 2.03. The molecule has 2 aromatic carbocycles. The first-order chi connectivity index (χ1) is 12.6. The van der Waals surface area contributed by atoms with Crippen LogP contribution in [0.5, 0.6) is 5.75 Å². The van der Waals surface area contributed by atoms with Gasteiger partial charge in [0.15, 0.2) is 5.96 Å². The number of anilines is 1. The summed E-state index contributed by atoms with van der Waals surface area (Å²) in [5.74, 6) is 1.26. The average molecular weight is 481 g/mol. The van der Waals surface area contributed by atoms with E-state index in [9.17, 15) is 0 Å². The first-order valence-corrected chi connectivity index (χ1v) is 9.14. The fraction of sp³-hybridized carbons (Fsp3) is 0.381. The second-order valence-corrected chi connectivity index (χ2v) is 6.60. The molecule has 0 bridgehead atoms. The molecule has 1 aliphatic heterocycles. The molecule has 146 valence electrons. The normalized spacial score (nSPS) is 16.7. The molecule has 5 nitrogen and oxygen atoms in total. The maximum absolute atomic E-state index is 6.11. The zero-order valence-electron chi connectivity index (χ0n) is 15.9. The summed E-state index contributed by atoms with van der Waals surface area (Å²) in [4.78, 5) is 4.48. The summed E-state index contributed by atoms with van der Waals surface area (Å²) in [7, 11) is 0. The van der Waals surface area contributed by atoms with E-state index in [1.807, 2.05) is 12.1 Å². The largest absolute Gasteiger partial charge is 0.488 e. The molecule has 1 atom stereocenters. The monoisotopic (exact) mass is 481 g/mol. The van der Waals surface area contributed by atoms with Gasteiger partial charge in [-0.15, -0.1) is 24.0 Å². The van der Waals surface area contributed by atoms with Crippen LogP contribution in [0.2, 0.25) is 0 Å². The number of ether oxygens (including phenoxy) is 2. The van der Waals surface area contributed by atoms with Crippen LogP contribution < -0.4 is 15.8 Å². The van der Waals surface area contributed by atoms with Crippen LogP contribution in [-0.2, 0) is 17.7 Å². The van der Waals surface area contributed by atoms with Crippen molar-refractivity contribution in [1.29, 1.82) is 0 Å². The Kier molecular flexibility index (Phi) is 8.37. The van der Waals surface area contributed by atoms with Gasteiger partial charge in [0.1, 0.15) is 11.9 Å². The van der Waals surface area contributed by atoms with Crippen molar-refractivity contribution >= 4 is 35.6 Å². The highest BCUT2D eigenvalue weighted by molar-refractivity contribution is 14.0. The number of nitrogens with one attached hydrogen (secondary N) is 1. The lowest BCUT2D eigenvalue weighted by atomic mass is 10.1. The average Bonchev–Trinajstić information content (AvgIpc) is 3.14. The topological polar surface area (TPSA) is 68.9 Å². The van der Waals surface area contributed by atoms with E-state index in [4.69, 9.17) is 15.2 Å². The van der Waals surface area contributed by atoms with Gasteiger partial charge >= 0.3 is 0 Å². The molecule has 3 rings (SSSR count). The standard InChI is InChI=1S/C21H27N3O2.HI/c1-3-16-5-4-6-18(12-16)24-21(22)23-13-17-8-7-15(2)11-20(17)26-19-9-10-25-14-19;/h4-8,11-12,19H,3,9-10,13-14H2,1-2H3,(H3,22,23,24);1H. The molecule has 1 unspecified atom stereocenters. The second kappa shape index (κ2) is 10.5. The Labute approximate surface area is 178 Å². The van der Waals surface area contributed by atoms with Crippen molar-refractivity contribution in [3.05, 3.63) is 59.2 Å². The number of aryl methyl sites for hydroxylation is 2. The maximum atomic E-state index is 6.11. The smallest absolute Gasteiger partial charge is 0.193 e. The number of hydrogen-bond donors (Lipinski definition) is 2. The van der Waals surface area contributed by atoms with Gasteiger partial charge in [-0.1, -0.05) is 31.2 Å². The highest BCUT2D eigenvalue weighted by Crippen LogP contribution is 2.24. The Morgan fingerprint density at radius 2 is 2.15 bits per heavy atom. The van der Waals surface area contributed by atoms with Gasteiger partial charge in [-0.3, -0.25) is 0 Å². The van der Waals surface area contributed by atoms with E-state index in [2.05, 4.69) is 54.5 Å². The van der Waals surface area contributed by atoms with E-state index < -0.39 is 0 Å². The molecule has 0 radical (unpaired) electrons. The van der Waals surface area contributed by atoms with Gasteiger partial charge in [0, 0.05) is 17.7 Å². The number of halogens is 1. The molecule has 1 fully saturated rings. The van der Waals surface area contributed by atoms with Gasteiger partial charge < -0.3 is 20.5 Å². The SMILES string of the molecule is CCc1cccc(NC(N)=NCc2ccc(C)cc2OC2CCOC2)c1.I. The lowest BCUT2D eigenvalue weighted by Gasteiger charge is -2.16. The van der Waals surface area contributed by atoms with Crippen LogP contribution in [0.15, 0.2) is 47.5 Å². The molecule has 0 aliphatic carbocycles. The number of aliphatic imine (C=N–C) groups is 1. The summed E-state index contributed by atoms with van der Waals surface area (Å²) < 4.78 is 11.5. The van der Waals surface area contributed by atoms with Crippen molar-refractivity contribution < 1.29 is 9.47 Å². The molecule has 0 amide bonds. The fourth-order valence-corrected chi connectivity index (χ4v) is 2.91. The molecule has 0 spiro atoms. The zero-order valence-corrected chi connectivity index (χ0v) is 18.2. The first-order valence-electron chi connectivity index (χ1n) is 9.14. The summed E-state index contributed by atoms with van der Waals surface area (Å²) in [5, 5.41) is 3.16. The van der Waals surface area contributed by atoms with E-state index in [0.717, 1.165) is 42.0 Å². The Hall–Kier alpha value is -1.80. The van der Waals surface area contributed by atoms with Gasteiger partial charge in [-0.2, -0.15) is 0 Å². The van der Waals surface area contributed by atoms with Gasteiger partial charge in [-0.05, 0) is 42.7 Å². The molecule has 1 aliphatic rings. The summed E-state index contributed by atoms with van der Waals surface area (Å²) in [5.41, 5.74) is 10.5. The number of nitrogens with two attached hydrogens (primary N) is 1. The number of benzene rings is 2. The lowest BCUT2D eigenvalue weighted by Crippen LogP contribution is -2.22. The van der Waals surface area contributed by atoms with E-state index in [1.165, 1.54) is 5.56 Å². The van der Waals surface area contributed by atoms with Crippen molar-refractivity contribution in [2.24, 2.45) is 10.7 Å². The van der Waals surface area contributed by atoms with Crippen LogP contribution in [0, 0.1) is 6.92 Å². The molecule has 27 heavy (non-hydrogen) atoms. The molecular formula is C21H28IN3O2. The predicted molar refractivity (Wildman–Crippen MR) is 121 cm³/mol. The molecule has 1 saturated heterocycles. The van der Waals surface area contributed by atoms with Crippen LogP contribution in [0.1, 0.15) is 30.0 Å². The van der Waals surface area contributed by atoms with Crippen molar-refractivity contribution in [3.63, 3.8) is 0 Å². The highest BCUT2D eigenvalue weighted by Gasteiger charge is 2.18. The van der Waals surface area contributed by atoms with E-state index in [0.29, 0.717) is 19.1 Å². The number of nitrogens with zero attached hydrogens (tertiary/aromatic N) is 1. The minimum atomic E-state index is 0. The fourth-order valence-electron chi connectivity index (χ4n) is 2.91. The first kappa shape index (κ1) is 21.5. The molecule has 6 heteroatoms. The number of guanidine groups is 1. The number of rotatable bonds is 6. The minimum Gasteiger partial charge on any atom is -0.488 e. The summed E-state index contributed by atoms with van der Waals surface area (Å²) in [6, 6.07) is 14.4. The molecule has 2 aromatic rings. The predicted octanol–water partition coefficient (Wildman–Crippen LogP) is 4.27. The Bertz CT molecular complexity index is 774. The zero-order chi connectivity index (χ0) is 18.4. The molecule has 0 saturated carbocycles. The third-order valence-electron chi connectivity index (χ3n) is 4.43. The van der Waals surface area contributed by atoms with Crippen LogP contribution in [0.3, 0.4) is 0 Å². The van der Waals surface area contributed by atoms with Crippen LogP contribution in [0.25, 0.3) is 0 Å². The Balaban J connectivity index is 0.00000261. The molecule has 0 aromatic heterocycles. The summed E-state index contributed by atoms with van der Waals surface area (Å²) >= 11 is 0. The van der Waals surface area contributed by atoms with Gasteiger partial charge in [-0.25, -0.2) is 4.99 Å². The van der Waals surface area contributed by atoms with Gasteiger partial charge in [0.25, 0.3) is 0 Å². The van der Waals surface area contributed by atoms with E-state index in [1.54, 1.807) is 0 Å². The number of hydrogen-bond acceptors (Lipinski definition) is 3. The molecular weight excluding hydrogens is 453 g/mol. The van der Waals surface area contributed by atoms with Crippen molar-refractivity contribution in [3.8, 4) is 5.75 Å². The Morgan fingerprint density at radius 1 is 1.30 bits per heavy atom. The van der Waals surface area contributed by atoms with Crippen molar-refractivity contribution in [2.75, 3.05) is 18.5 Å². The van der Waals surface area contributed by atoms with Crippen LogP contribution >= 0.6 is 24.0 Å². The van der Waals surface area contributed by atoms with Gasteiger partial charge in [0.2, 0.25) is 0 Å². The van der Waals surface area contributed by atoms with Crippen LogP contribution in [0.4, 0.5) is 5.69 Å². The summed E-state index contributed by atoms with van der Waals surface area (Å²) in [6.45, 7) is 6.06. The van der Waals surface area contributed by atoms with Crippen molar-refractivity contribution in [2.45, 2.75) is 39.3 Å². The van der Waals surface area contributed by atoms with E-state index in [-0.39, 0.29) is 30.1 Å². The third kappa shape index (κ3) is 6.39. The third-order valence-corrected chi connectivity index (χ3v) is 4.43. The van der Waals surface area contributed by atoms with Gasteiger partial charge in [0.05, 0.1) is 19.8 Å².